The number of nitrogens with two attached hydrogens (primary N) is 1. The van der Waals surface area contributed by atoms with Gasteiger partial charge >= 0.3 is 0 Å². The summed E-state index contributed by atoms with van der Waals surface area (Å²) in [7, 11) is 1.61. The van der Waals surface area contributed by atoms with Crippen molar-refractivity contribution in [3.05, 3.63) is 57.3 Å². The number of carbonyl (C=O) groups is 3. The van der Waals surface area contributed by atoms with Gasteiger partial charge < -0.3 is 11.1 Å². The molecule has 1 aliphatic rings. The molecule has 2 atom stereocenters. The molecule has 2 unspecified atom stereocenters. The van der Waals surface area contributed by atoms with Crippen LogP contribution in [0.4, 0.5) is 5.69 Å². The molecule has 7 nitrogen and oxygen atoms in total. The van der Waals surface area contributed by atoms with Crippen molar-refractivity contribution in [2.45, 2.75) is 26.7 Å². The predicted octanol–water partition coefficient (Wildman–Crippen LogP) is 4.36. The third-order valence-electron chi connectivity index (χ3n) is 4.83. The Labute approximate surface area is 188 Å². The zero-order chi connectivity index (χ0) is 22.4. The normalized spacial score (nSPS) is 17.6. The number of nitrogens with zero attached hydrogens (tertiary/aromatic N) is 2. The van der Waals surface area contributed by atoms with E-state index in [2.05, 4.69) is 32.4 Å². The zero-order valence-corrected chi connectivity index (χ0v) is 19.3. The number of allylic oxidation sites excluding steroid dienone is 2. The van der Waals surface area contributed by atoms with Gasteiger partial charge in [0.1, 0.15) is 5.69 Å². The molecule has 3 rings (SSSR count). The van der Waals surface area contributed by atoms with Crippen molar-refractivity contribution in [3.8, 4) is 0 Å². The van der Waals surface area contributed by atoms with Crippen LogP contribution in [0.1, 0.15) is 47.5 Å². The van der Waals surface area contributed by atoms with E-state index in [0.717, 1.165) is 17.3 Å². The lowest BCUT2D eigenvalue weighted by Crippen LogP contribution is -2.30. The Kier molecular flexibility index (Phi) is 8.37. The average Bonchev–Trinajstić information content (AvgIpc) is 3.02. The number of hydrogen-bond donors (Lipinski definition) is 2. The van der Waals surface area contributed by atoms with Crippen molar-refractivity contribution in [1.29, 1.82) is 0 Å². The topological polar surface area (TPSA) is 107 Å². The minimum atomic E-state index is -0.605. The van der Waals surface area contributed by atoms with Gasteiger partial charge in [-0.15, -0.1) is 0 Å². The maximum Gasteiger partial charge on any atom is 0.269 e. The molecule has 0 aliphatic heterocycles. The number of rotatable bonds is 4. The highest BCUT2D eigenvalue weighted by Crippen LogP contribution is 2.27. The van der Waals surface area contributed by atoms with Crippen LogP contribution < -0.4 is 11.1 Å². The Morgan fingerprint density at radius 1 is 1.27 bits per heavy atom. The van der Waals surface area contributed by atoms with Crippen LogP contribution in [0, 0.1) is 11.8 Å². The van der Waals surface area contributed by atoms with Gasteiger partial charge in [-0.1, -0.05) is 46.6 Å². The van der Waals surface area contributed by atoms with Crippen LogP contribution >= 0.6 is 27.5 Å². The van der Waals surface area contributed by atoms with Crippen LogP contribution in [-0.2, 0) is 11.8 Å². The Bertz CT molecular complexity index is 987. The third kappa shape index (κ3) is 6.03. The Morgan fingerprint density at radius 3 is 2.50 bits per heavy atom. The first-order chi connectivity index (χ1) is 14.1. The van der Waals surface area contributed by atoms with Gasteiger partial charge in [-0.2, -0.15) is 5.10 Å². The Hall–Kier alpha value is -2.45. The maximum atomic E-state index is 12.2. The smallest absolute Gasteiger partial charge is 0.269 e. The number of amides is 2. The SMILES string of the molecule is CC(=O)c1ccc(Br)cc1Cl.CC1CC=CCC1C(=O)Nc1cnn(C)c1C(N)=O. The summed E-state index contributed by atoms with van der Waals surface area (Å²) in [4.78, 5) is 34.4. The number of primary amides is 1. The fraction of sp³-hybridized carbons (Fsp3) is 0.333. The molecule has 0 radical (unpaired) electrons. The molecule has 1 aromatic heterocycles. The monoisotopic (exact) mass is 494 g/mol. The number of aromatic nitrogens is 2. The van der Waals surface area contributed by atoms with E-state index in [1.165, 1.54) is 17.8 Å². The van der Waals surface area contributed by atoms with Crippen LogP contribution in [0.3, 0.4) is 0 Å². The first kappa shape index (κ1) is 23.8. The van der Waals surface area contributed by atoms with Gasteiger partial charge in [0.15, 0.2) is 5.78 Å². The summed E-state index contributed by atoms with van der Waals surface area (Å²) in [6, 6.07) is 5.20. The molecular weight excluding hydrogens is 472 g/mol. The number of anilines is 1. The van der Waals surface area contributed by atoms with Crippen molar-refractivity contribution in [1.82, 2.24) is 9.78 Å². The summed E-state index contributed by atoms with van der Waals surface area (Å²) in [5, 5.41) is 7.19. The lowest BCUT2D eigenvalue weighted by Gasteiger charge is -2.24. The Balaban J connectivity index is 0.000000248. The summed E-state index contributed by atoms with van der Waals surface area (Å²) < 4.78 is 2.25. The minimum Gasteiger partial charge on any atom is -0.364 e. The van der Waals surface area contributed by atoms with Crippen molar-refractivity contribution >= 4 is 50.8 Å². The summed E-state index contributed by atoms with van der Waals surface area (Å²) in [5.41, 5.74) is 6.44. The van der Waals surface area contributed by atoms with Crippen LogP contribution in [0.25, 0.3) is 0 Å². The number of ketones is 1. The van der Waals surface area contributed by atoms with Gasteiger partial charge in [-0.25, -0.2) is 0 Å². The van der Waals surface area contributed by atoms with E-state index in [4.69, 9.17) is 17.3 Å². The molecule has 0 fully saturated rings. The summed E-state index contributed by atoms with van der Waals surface area (Å²) in [6.45, 7) is 3.54. The van der Waals surface area contributed by atoms with Crippen LogP contribution in [0.15, 0.2) is 41.0 Å². The predicted molar refractivity (Wildman–Crippen MR) is 121 cm³/mol. The number of halogens is 2. The molecule has 160 valence electrons. The van der Waals surface area contributed by atoms with Gasteiger partial charge in [0.25, 0.3) is 5.91 Å². The van der Waals surface area contributed by atoms with E-state index >= 15 is 0 Å². The van der Waals surface area contributed by atoms with Crippen molar-refractivity contribution in [3.63, 3.8) is 0 Å². The molecular formula is C21H24BrClN4O3. The highest BCUT2D eigenvalue weighted by atomic mass is 79.9. The van der Waals surface area contributed by atoms with E-state index in [0.29, 0.717) is 22.2 Å². The van der Waals surface area contributed by atoms with E-state index in [-0.39, 0.29) is 23.3 Å². The fourth-order valence-electron chi connectivity index (χ4n) is 3.14. The lowest BCUT2D eigenvalue weighted by molar-refractivity contribution is -0.121. The molecule has 0 spiro atoms. The second-order valence-electron chi connectivity index (χ2n) is 7.09. The second-order valence-corrected chi connectivity index (χ2v) is 8.41. The standard InChI is InChI=1S/C13H18N4O2.C8H6BrClO/c1-8-5-3-4-6-9(8)13(19)16-10-7-15-17(2)11(10)12(14)18;1-5(11)7-3-2-6(9)4-8(7)10/h3-4,7-9H,5-6H2,1-2H3,(H2,14,18)(H,16,19);2-4H,1H3. The summed E-state index contributed by atoms with van der Waals surface area (Å²) in [6.07, 6.45) is 7.17. The second kappa shape index (κ2) is 10.5. The Morgan fingerprint density at radius 2 is 1.93 bits per heavy atom. The van der Waals surface area contributed by atoms with Crippen molar-refractivity contribution in [2.24, 2.45) is 24.6 Å². The maximum absolute atomic E-state index is 12.2. The largest absolute Gasteiger partial charge is 0.364 e. The van der Waals surface area contributed by atoms with E-state index < -0.39 is 5.91 Å². The van der Waals surface area contributed by atoms with E-state index in [1.54, 1.807) is 25.2 Å². The average molecular weight is 496 g/mol. The first-order valence-electron chi connectivity index (χ1n) is 9.35. The fourth-order valence-corrected chi connectivity index (χ4v) is 3.94. The van der Waals surface area contributed by atoms with Crippen molar-refractivity contribution < 1.29 is 14.4 Å². The number of nitrogens with one attached hydrogen (secondary N) is 1. The summed E-state index contributed by atoms with van der Waals surface area (Å²) >= 11 is 9.02. The molecule has 1 aliphatic carbocycles. The first-order valence-corrected chi connectivity index (χ1v) is 10.5. The number of hydrogen-bond acceptors (Lipinski definition) is 4. The number of aryl methyl sites for hydroxylation is 1. The highest BCUT2D eigenvalue weighted by molar-refractivity contribution is 9.10. The molecule has 30 heavy (non-hydrogen) atoms. The van der Waals surface area contributed by atoms with Crippen molar-refractivity contribution in [2.75, 3.05) is 5.32 Å². The third-order valence-corrected chi connectivity index (χ3v) is 5.63. The molecule has 2 amide bonds. The lowest BCUT2D eigenvalue weighted by atomic mass is 9.84. The molecule has 9 heteroatoms. The van der Waals surface area contributed by atoms with Gasteiger partial charge in [0, 0.05) is 23.0 Å². The number of Topliss-reactive ketones (excluding diaryl/α,β-unsaturated/α-hetero) is 1. The van der Waals surface area contributed by atoms with Gasteiger partial charge in [-0.3, -0.25) is 19.1 Å². The van der Waals surface area contributed by atoms with Gasteiger partial charge in [-0.05, 0) is 43.9 Å². The molecule has 0 saturated carbocycles. The minimum absolute atomic E-state index is 0.0116. The highest BCUT2D eigenvalue weighted by Gasteiger charge is 2.27. The molecule has 3 N–H and O–H groups in total. The van der Waals surface area contributed by atoms with Crippen LogP contribution in [0.2, 0.25) is 5.02 Å². The number of benzene rings is 1. The van der Waals surface area contributed by atoms with Gasteiger partial charge in [0.2, 0.25) is 5.91 Å². The van der Waals surface area contributed by atoms with Crippen LogP contribution in [-0.4, -0.2) is 27.4 Å². The quantitative estimate of drug-likeness (QED) is 0.485. The van der Waals surface area contributed by atoms with Gasteiger partial charge in [0.05, 0.1) is 16.9 Å². The molecule has 1 aromatic carbocycles. The zero-order valence-electron chi connectivity index (χ0n) is 17.0. The summed E-state index contributed by atoms with van der Waals surface area (Å²) in [5.74, 6) is -0.494. The number of carbonyl (C=O) groups excluding carboxylic acids is 3. The molecule has 0 saturated heterocycles. The van der Waals surface area contributed by atoms with E-state index in [1.807, 2.05) is 13.0 Å². The van der Waals surface area contributed by atoms with E-state index in [9.17, 15) is 14.4 Å². The van der Waals surface area contributed by atoms with Crippen LogP contribution in [0.5, 0.6) is 0 Å². The molecule has 2 aromatic rings. The molecule has 0 bridgehead atoms. The molecule has 1 heterocycles.